The predicted molar refractivity (Wildman–Crippen MR) is 39.7 cm³/mol. The van der Waals surface area contributed by atoms with Crippen LogP contribution >= 0.6 is 11.6 Å². The lowest BCUT2D eigenvalue weighted by Gasteiger charge is -1.91. The normalized spacial score (nSPS) is 10.5. The lowest BCUT2D eigenvalue weighted by Crippen LogP contribution is -1.81. The number of benzene rings is 1. The molecule has 0 aliphatic carbocycles. The van der Waals surface area contributed by atoms with Crippen molar-refractivity contribution in [2.24, 2.45) is 5.16 Å². The van der Waals surface area contributed by atoms with E-state index in [-0.39, 0.29) is 0 Å². The Balaban J connectivity index is 3.03. The first-order chi connectivity index (χ1) is 4.84. The van der Waals surface area contributed by atoms with Crippen molar-refractivity contribution in [3.63, 3.8) is 0 Å². The molecule has 1 N–H and O–H groups in total. The van der Waals surface area contributed by atoms with Crippen LogP contribution < -0.4 is 0 Å². The topological polar surface area (TPSA) is 32.6 Å². The molecule has 2 nitrogen and oxygen atoms in total. The van der Waals surface area contributed by atoms with Gasteiger partial charge in [0.05, 0.1) is 11.2 Å². The summed E-state index contributed by atoms with van der Waals surface area (Å²) in [5, 5.41) is 11.5. The highest BCUT2D eigenvalue weighted by Gasteiger charge is 1.92. The summed E-state index contributed by atoms with van der Waals surface area (Å²) in [6.45, 7) is 0. The van der Waals surface area contributed by atoms with Gasteiger partial charge in [0.25, 0.3) is 0 Å². The van der Waals surface area contributed by atoms with Gasteiger partial charge in [0.2, 0.25) is 0 Å². The van der Waals surface area contributed by atoms with Gasteiger partial charge in [-0.1, -0.05) is 28.9 Å². The second kappa shape index (κ2) is 3.22. The molecule has 10 heavy (non-hydrogen) atoms. The monoisotopic (exact) mass is 154 g/mol. The van der Waals surface area contributed by atoms with E-state index >= 15 is 0 Å². The van der Waals surface area contributed by atoms with Gasteiger partial charge < -0.3 is 5.21 Å². The number of oxime groups is 1. The fourth-order valence-electron chi connectivity index (χ4n) is 0.586. The van der Waals surface area contributed by atoms with Crippen LogP contribution in [0, 0.1) is 6.07 Å². The Hall–Kier alpha value is -1.02. The van der Waals surface area contributed by atoms with E-state index in [0.717, 1.165) is 0 Å². The van der Waals surface area contributed by atoms with Crippen molar-refractivity contribution in [3.8, 4) is 0 Å². The van der Waals surface area contributed by atoms with E-state index in [1.165, 1.54) is 6.21 Å². The molecule has 0 fully saturated rings. The minimum Gasteiger partial charge on any atom is -0.411 e. The van der Waals surface area contributed by atoms with Gasteiger partial charge in [-0.2, -0.15) is 0 Å². The molecule has 0 atom stereocenters. The Bertz CT molecular complexity index is 247. The SMILES string of the molecule is O/N=C\c1[c]cccc1Cl. The molecule has 0 bridgehead atoms. The molecule has 51 valence electrons. The quantitative estimate of drug-likeness (QED) is 0.374. The average molecular weight is 155 g/mol. The van der Waals surface area contributed by atoms with Crippen molar-refractivity contribution in [3.05, 3.63) is 34.9 Å². The number of hydrogen-bond donors (Lipinski definition) is 1. The van der Waals surface area contributed by atoms with Crippen LogP contribution in [0.5, 0.6) is 0 Å². The minimum absolute atomic E-state index is 0.528. The first kappa shape index (κ1) is 7.09. The summed E-state index contributed by atoms with van der Waals surface area (Å²) in [6.07, 6.45) is 1.24. The third-order valence-electron chi connectivity index (χ3n) is 1.02. The number of nitrogens with zero attached hydrogens (tertiary/aromatic N) is 1. The van der Waals surface area contributed by atoms with Crippen LogP contribution in [0.3, 0.4) is 0 Å². The van der Waals surface area contributed by atoms with Crippen LogP contribution in [0.2, 0.25) is 5.02 Å². The number of halogens is 1. The molecule has 1 aromatic carbocycles. The third-order valence-corrected chi connectivity index (χ3v) is 1.35. The molecule has 1 radical (unpaired) electrons. The third kappa shape index (κ3) is 1.48. The Morgan fingerprint density at radius 2 is 2.50 bits per heavy atom. The van der Waals surface area contributed by atoms with Crippen LogP contribution in [-0.2, 0) is 0 Å². The van der Waals surface area contributed by atoms with Crippen molar-refractivity contribution in [2.45, 2.75) is 0 Å². The van der Waals surface area contributed by atoms with E-state index in [4.69, 9.17) is 16.8 Å². The van der Waals surface area contributed by atoms with Crippen molar-refractivity contribution >= 4 is 17.8 Å². The van der Waals surface area contributed by atoms with Gasteiger partial charge in [-0.3, -0.25) is 0 Å². The van der Waals surface area contributed by atoms with E-state index in [0.29, 0.717) is 10.6 Å². The molecule has 1 aromatic rings. The number of hydrogen-bond acceptors (Lipinski definition) is 2. The van der Waals surface area contributed by atoms with Crippen LogP contribution in [0.1, 0.15) is 5.56 Å². The standard InChI is InChI=1S/C7H5ClNO/c8-7-4-2-1-3-6(7)5-9-10/h1-2,4-5,10H/b9-5-. The summed E-state index contributed by atoms with van der Waals surface area (Å²) in [5.74, 6) is 0. The Labute approximate surface area is 63.7 Å². The Morgan fingerprint density at radius 3 is 3.10 bits per heavy atom. The highest BCUT2D eigenvalue weighted by Crippen LogP contribution is 2.11. The highest BCUT2D eigenvalue weighted by atomic mass is 35.5. The summed E-state index contributed by atoms with van der Waals surface area (Å²) in [6, 6.07) is 7.96. The zero-order valence-corrected chi connectivity index (χ0v) is 5.84. The van der Waals surface area contributed by atoms with Gasteiger partial charge >= 0.3 is 0 Å². The van der Waals surface area contributed by atoms with E-state index in [1.807, 2.05) is 0 Å². The molecular weight excluding hydrogens is 150 g/mol. The van der Waals surface area contributed by atoms with E-state index in [9.17, 15) is 0 Å². The molecule has 0 aliphatic rings. The molecule has 0 aliphatic heterocycles. The molecule has 3 heteroatoms. The van der Waals surface area contributed by atoms with E-state index in [2.05, 4.69) is 11.2 Å². The highest BCUT2D eigenvalue weighted by molar-refractivity contribution is 6.33. The Morgan fingerprint density at radius 1 is 1.70 bits per heavy atom. The van der Waals surface area contributed by atoms with Gasteiger partial charge in [-0.05, 0) is 12.1 Å². The largest absolute Gasteiger partial charge is 0.411 e. The average Bonchev–Trinajstić information content (AvgIpc) is 1.94. The molecule has 0 saturated heterocycles. The van der Waals surface area contributed by atoms with Gasteiger partial charge in [-0.25, -0.2) is 0 Å². The zero-order valence-electron chi connectivity index (χ0n) is 5.08. The molecule has 0 unspecified atom stereocenters. The van der Waals surface area contributed by atoms with E-state index in [1.54, 1.807) is 18.2 Å². The molecule has 0 heterocycles. The minimum atomic E-state index is 0.528. The van der Waals surface area contributed by atoms with Gasteiger partial charge in [-0.15, -0.1) is 0 Å². The zero-order chi connectivity index (χ0) is 7.40. The fourth-order valence-corrected chi connectivity index (χ4v) is 0.762. The fraction of sp³-hybridized carbons (Fsp3) is 0. The van der Waals surface area contributed by atoms with Crippen molar-refractivity contribution in [1.29, 1.82) is 0 Å². The van der Waals surface area contributed by atoms with Crippen molar-refractivity contribution < 1.29 is 5.21 Å². The van der Waals surface area contributed by atoms with Gasteiger partial charge in [0, 0.05) is 5.56 Å². The first-order valence-corrected chi connectivity index (χ1v) is 3.06. The molecule has 0 saturated carbocycles. The molecule has 0 spiro atoms. The molecule has 1 rings (SSSR count). The predicted octanol–water partition coefficient (Wildman–Crippen LogP) is 1.95. The molecule has 0 amide bonds. The maximum Gasteiger partial charge on any atom is 0.0755 e. The summed E-state index contributed by atoms with van der Waals surface area (Å²) in [4.78, 5) is 0. The molecular formula is C7H5ClNO. The van der Waals surface area contributed by atoms with E-state index < -0.39 is 0 Å². The van der Waals surface area contributed by atoms with Crippen LogP contribution in [-0.4, -0.2) is 11.4 Å². The molecule has 0 aromatic heterocycles. The van der Waals surface area contributed by atoms with Gasteiger partial charge in [0.15, 0.2) is 0 Å². The van der Waals surface area contributed by atoms with Crippen LogP contribution in [0.15, 0.2) is 23.4 Å². The van der Waals surface area contributed by atoms with Crippen LogP contribution in [0.4, 0.5) is 0 Å². The second-order valence-corrected chi connectivity index (χ2v) is 2.08. The lowest BCUT2D eigenvalue weighted by molar-refractivity contribution is 0.322. The summed E-state index contributed by atoms with van der Waals surface area (Å²) >= 11 is 5.67. The maximum atomic E-state index is 8.13. The summed E-state index contributed by atoms with van der Waals surface area (Å²) in [5.41, 5.74) is 0.590. The lowest BCUT2D eigenvalue weighted by atomic mass is 10.2. The second-order valence-electron chi connectivity index (χ2n) is 1.68. The maximum absolute atomic E-state index is 8.13. The number of rotatable bonds is 1. The summed E-state index contributed by atoms with van der Waals surface area (Å²) in [7, 11) is 0. The smallest absolute Gasteiger partial charge is 0.0755 e. The summed E-state index contributed by atoms with van der Waals surface area (Å²) < 4.78 is 0. The van der Waals surface area contributed by atoms with Crippen molar-refractivity contribution in [2.75, 3.05) is 0 Å². The van der Waals surface area contributed by atoms with Crippen molar-refractivity contribution in [1.82, 2.24) is 0 Å². The Kier molecular flexibility index (Phi) is 2.29. The van der Waals surface area contributed by atoms with Gasteiger partial charge in [0.1, 0.15) is 0 Å². The van der Waals surface area contributed by atoms with Crippen LogP contribution in [0.25, 0.3) is 0 Å². The first-order valence-electron chi connectivity index (χ1n) is 2.68.